The summed E-state index contributed by atoms with van der Waals surface area (Å²) in [6.07, 6.45) is -1.18. The number of benzene rings is 1. The van der Waals surface area contributed by atoms with E-state index in [1.165, 1.54) is 0 Å². The fourth-order valence-corrected chi connectivity index (χ4v) is 11.3. The van der Waals surface area contributed by atoms with Gasteiger partial charge in [0, 0.05) is 5.02 Å². The molecular weight excluding hydrogens is 512 g/mol. The van der Waals surface area contributed by atoms with Gasteiger partial charge in [-0.25, -0.2) is 9.78 Å². The van der Waals surface area contributed by atoms with Crippen molar-refractivity contribution in [3.63, 3.8) is 0 Å². The van der Waals surface area contributed by atoms with E-state index in [2.05, 4.69) is 62.5 Å². The van der Waals surface area contributed by atoms with Gasteiger partial charge in [0.25, 0.3) is 0 Å². The molecule has 9 heteroatoms. The van der Waals surface area contributed by atoms with Crippen LogP contribution in [0.15, 0.2) is 29.0 Å². The zero-order valence-electron chi connectivity index (χ0n) is 19.8. The molecule has 1 aromatic heterocycles. The first-order valence-corrected chi connectivity index (χ1v) is 14.2. The van der Waals surface area contributed by atoms with Crippen molar-refractivity contribution in [2.45, 2.75) is 77.2 Å². The van der Waals surface area contributed by atoms with Crippen LogP contribution in [0.2, 0.25) is 21.6 Å². The summed E-state index contributed by atoms with van der Waals surface area (Å²) in [6.45, 7) is 15.7. The number of hydrogen-bond acceptors (Lipinski definition) is 4. The Morgan fingerprint density at radius 2 is 1.59 bits per heavy atom. The lowest BCUT2D eigenvalue weighted by Gasteiger charge is -2.43. The second-order valence-electron chi connectivity index (χ2n) is 9.22. The van der Waals surface area contributed by atoms with Crippen LogP contribution in [-0.2, 0) is 4.43 Å². The predicted molar refractivity (Wildman–Crippen MR) is 134 cm³/mol. The largest absolute Gasteiger partial charge is 0.476 e. The number of rotatable bonds is 10. The maximum Gasteiger partial charge on any atom is 0.356 e. The van der Waals surface area contributed by atoms with Crippen molar-refractivity contribution >= 4 is 41.8 Å². The van der Waals surface area contributed by atoms with Gasteiger partial charge < -0.3 is 19.2 Å². The zero-order chi connectivity index (χ0) is 24.4. The highest BCUT2D eigenvalue weighted by Crippen LogP contribution is 2.43. The normalized spacial score (nSPS) is 14.4. The number of aromatic carboxylic acids is 1. The number of aliphatic hydroxyl groups excluding tert-OH is 1. The molecule has 2 aromatic rings. The third kappa shape index (κ3) is 5.30. The first-order chi connectivity index (χ1) is 14.8. The quantitative estimate of drug-likeness (QED) is 0.320. The van der Waals surface area contributed by atoms with E-state index >= 15 is 0 Å². The Kier molecular flexibility index (Phi) is 9.15. The van der Waals surface area contributed by atoms with Crippen molar-refractivity contribution in [3.05, 3.63) is 51.0 Å². The van der Waals surface area contributed by atoms with Crippen LogP contribution >= 0.6 is 27.5 Å². The van der Waals surface area contributed by atoms with E-state index < -0.39 is 20.4 Å². The molecule has 178 valence electrons. The molecule has 0 saturated carbocycles. The number of aliphatic hydroxyl groups is 1. The molecule has 1 heterocycles. The fourth-order valence-electron chi connectivity index (χ4n) is 4.90. The van der Waals surface area contributed by atoms with E-state index in [0.717, 1.165) is 0 Å². The maximum absolute atomic E-state index is 11.9. The van der Waals surface area contributed by atoms with Gasteiger partial charge in [-0.1, -0.05) is 65.3 Å². The number of carbonyl (C=O) groups is 1. The van der Waals surface area contributed by atoms with E-state index in [1.54, 1.807) is 28.8 Å². The second-order valence-corrected chi connectivity index (χ2v) is 15.8. The van der Waals surface area contributed by atoms with Crippen LogP contribution in [0.4, 0.5) is 0 Å². The molecule has 0 bridgehead atoms. The fraction of sp³-hybridized carbons (Fsp3) is 0.565. The highest BCUT2D eigenvalue weighted by Gasteiger charge is 2.45. The smallest absolute Gasteiger partial charge is 0.356 e. The minimum Gasteiger partial charge on any atom is -0.476 e. The van der Waals surface area contributed by atoms with Crippen LogP contribution in [-0.4, -0.2) is 40.7 Å². The molecule has 0 aliphatic heterocycles. The van der Waals surface area contributed by atoms with E-state index in [9.17, 15) is 15.0 Å². The summed E-state index contributed by atoms with van der Waals surface area (Å²) in [4.78, 5) is 16.1. The molecule has 0 spiro atoms. The Morgan fingerprint density at radius 1 is 1.09 bits per heavy atom. The molecule has 0 amide bonds. The van der Waals surface area contributed by atoms with Crippen molar-refractivity contribution in [2.24, 2.45) is 0 Å². The standard InChI is InChI=1S/C23H34BrClN2O4Si/c1-13(2)32(14(3)4,15(5)6)31-12-16(7)27-20(19(22(29)30)26-23(27)24)21(28)17-8-10-18(25)11-9-17/h8-11,13-16,21,28H,12H2,1-7H3,(H,29,30)/t16-,21?/m1/s1. The summed E-state index contributed by atoms with van der Waals surface area (Å²) in [5.74, 6) is -1.20. The number of imidazole rings is 1. The molecule has 2 rings (SSSR count). The number of halogens is 2. The minimum absolute atomic E-state index is 0.189. The maximum atomic E-state index is 11.9. The molecule has 1 aromatic carbocycles. The Bertz CT molecular complexity index is 909. The van der Waals surface area contributed by atoms with E-state index in [4.69, 9.17) is 16.0 Å². The van der Waals surface area contributed by atoms with Gasteiger partial charge in [0.1, 0.15) is 6.10 Å². The molecule has 0 fully saturated rings. The predicted octanol–water partition coefficient (Wildman–Crippen LogP) is 6.83. The molecule has 2 N–H and O–H groups in total. The van der Waals surface area contributed by atoms with Crippen LogP contribution in [0.25, 0.3) is 0 Å². The highest BCUT2D eigenvalue weighted by molar-refractivity contribution is 9.10. The third-order valence-electron chi connectivity index (χ3n) is 6.27. The Morgan fingerprint density at radius 3 is 2.03 bits per heavy atom. The lowest BCUT2D eigenvalue weighted by molar-refractivity contribution is 0.0684. The zero-order valence-corrected chi connectivity index (χ0v) is 23.1. The molecule has 0 saturated heterocycles. The van der Waals surface area contributed by atoms with E-state index in [0.29, 0.717) is 38.6 Å². The SMILES string of the molecule is CC(C)[Si](OC[C@@H](C)n1c(Br)nc(C(=O)O)c1C(O)c1ccc(Cl)cc1)(C(C)C)C(C)C. The molecule has 0 radical (unpaired) electrons. The highest BCUT2D eigenvalue weighted by atomic mass is 79.9. The summed E-state index contributed by atoms with van der Waals surface area (Å²) in [6, 6.07) is 6.44. The van der Waals surface area contributed by atoms with Gasteiger partial charge in [0.2, 0.25) is 0 Å². The summed E-state index contributed by atoms with van der Waals surface area (Å²) >= 11 is 9.39. The minimum atomic E-state index is -2.11. The van der Waals surface area contributed by atoms with Crippen LogP contribution in [0.1, 0.15) is 82.4 Å². The van der Waals surface area contributed by atoms with Crippen LogP contribution < -0.4 is 0 Å². The van der Waals surface area contributed by atoms with E-state index in [1.807, 2.05) is 6.92 Å². The lowest BCUT2D eigenvalue weighted by Crippen LogP contribution is -2.48. The van der Waals surface area contributed by atoms with Gasteiger partial charge in [0.15, 0.2) is 18.7 Å². The Labute approximate surface area is 205 Å². The first kappa shape index (κ1) is 27.1. The van der Waals surface area contributed by atoms with Crippen LogP contribution in [0.3, 0.4) is 0 Å². The molecule has 32 heavy (non-hydrogen) atoms. The van der Waals surface area contributed by atoms with Gasteiger partial charge in [-0.15, -0.1) is 0 Å². The summed E-state index contributed by atoms with van der Waals surface area (Å²) in [5.41, 5.74) is 1.84. The van der Waals surface area contributed by atoms with Crippen molar-refractivity contribution in [3.8, 4) is 0 Å². The third-order valence-corrected chi connectivity index (χ3v) is 13.2. The van der Waals surface area contributed by atoms with E-state index in [-0.39, 0.29) is 17.4 Å². The Hall–Kier alpha value is -1.19. The molecule has 0 aliphatic rings. The summed E-state index contributed by atoms with van der Waals surface area (Å²) in [7, 11) is -2.11. The summed E-state index contributed by atoms with van der Waals surface area (Å²) in [5, 5.41) is 21.4. The molecular formula is C23H34BrClN2O4Si. The molecule has 0 aliphatic carbocycles. The van der Waals surface area contributed by atoms with Crippen LogP contribution in [0, 0.1) is 0 Å². The topological polar surface area (TPSA) is 84.6 Å². The average molecular weight is 546 g/mol. The number of carboxylic acids is 1. The second kappa shape index (κ2) is 10.8. The molecule has 2 atom stereocenters. The number of hydrogen-bond donors (Lipinski definition) is 2. The van der Waals surface area contributed by atoms with Crippen molar-refractivity contribution in [2.75, 3.05) is 6.61 Å². The molecule has 6 nitrogen and oxygen atoms in total. The van der Waals surface area contributed by atoms with Gasteiger partial charge >= 0.3 is 5.97 Å². The van der Waals surface area contributed by atoms with Gasteiger partial charge in [0.05, 0.1) is 18.3 Å². The number of nitrogens with zero attached hydrogens (tertiary/aromatic N) is 2. The molecule has 1 unspecified atom stereocenters. The average Bonchev–Trinajstić information content (AvgIpc) is 3.05. The van der Waals surface area contributed by atoms with Gasteiger partial charge in [-0.05, 0) is 57.2 Å². The van der Waals surface area contributed by atoms with Crippen molar-refractivity contribution in [1.29, 1.82) is 0 Å². The first-order valence-electron chi connectivity index (χ1n) is 10.9. The monoisotopic (exact) mass is 544 g/mol. The van der Waals surface area contributed by atoms with Crippen molar-refractivity contribution in [1.82, 2.24) is 9.55 Å². The summed E-state index contributed by atoms with van der Waals surface area (Å²) < 4.78 is 8.81. The number of carboxylic acid groups (broad SMARTS) is 1. The van der Waals surface area contributed by atoms with Gasteiger partial charge in [-0.3, -0.25) is 0 Å². The van der Waals surface area contributed by atoms with Gasteiger partial charge in [-0.2, -0.15) is 0 Å². The Balaban J connectivity index is 2.48. The van der Waals surface area contributed by atoms with Crippen molar-refractivity contribution < 1.29 is 19.4 Å². The number of aromatic nitrogens is 2. The lowest BCUT2D eigenvalue weighted by atomic mass is 10.0. The van der Waals surface area contributed by atoms with Crippen LogP contribution in [0.5, 0.6) is 0 Å².